The molecular formula is C22H23ClN6O2. The normalized spacial score (nSPS) is 12.3. The van der Waals surface area contributed by atoms with Crippen LogP contribution in [0.4, 0.5) is 5.69 Å². The van der Waals surface area contributed by atoms with Gasteiger partial charge in [0.05, 0.1) is 28.4 Å². The number of hydrogen-bond acceptors (Lipinski definition) is 6. The lowest BCUT2D eigenvalue weighted by Crippen LogP contribution is -2.19. The lowest BCUT2D eigenvalue weighted by atomic mass is 10.1. The van der Waals surface area contributed by atoms with Gasteiger partial charge in [-0.15, -0.1) is 5.10 Å². The first-order valence-corrected chi connectivity index (χ1v) is 10.3. The zero-order valence-corrected chi connectivity index (χ0v) is 18.4. The Balaban J connectivity index is 1.63. The van der Waals surface area contributed by atoms with Crippen LogP contribution in [0, 0.1) is 6.92 Å². The topological polar surface area (TPSA) is 97.7 Å². The summed E-state index contributed by atoms with van der Waals surface area (Å²) in [5, 5.41) is 16.3. The van der Waals surface area contributed by atoms with Crippen molar-refractivity contribution < 1.29 is 4.74 Å². The van der Waals surface area contributed by atoms with E-state index in [1.807, 2.05) is 64.1 Å². The number of nitrogens with one attached hydrogen (secondary N) is 2. The molecule has 4 rings (SSSR count). The van der Waals surface area contributed by atoms with Crippen molar-refractivity contribution in [1.29, 1.82) is 0 Å². The van der Waals surface area contributed by atoms with Gasteiger partial charge in [-0.2, -0.15) is 4.68 Å². The minimum Gasteiger partial charge on any atom is -0.489 e. The molecule has 1 unspecified atom stereocenters. The van der Waals surface area contributed by atoms with Crippen LogP contribution in [0.3, 0.4) is 0 Å². The number of aromatic nitrogens is 5. The van der Waals surface area contributed by atoms with Crippen molar-refractivity contribution in [1.82, 2.24) is 25.2 Å². The predicted octanol–water partition coefficient (Wildman–Crippen LogP) is 4.43. The van der Waals surface area contributed by atoms with Gasteiger partial charge in [-0.25, -0.2) is 0 Å². The molecule has 0 saturated heterocycles. The Hall–Kier alpha value is -3.39. The number of tetrazole rings is 1. The molecule has 0 aliphatic carbocycles. The highest BCUT2D eigenvalue weighted by Gasteiger charge is 2.14. The standard InChI is InChI=1S/C22H23ClN6O2/c1-12(2)31-21-11-20-15(9-19(21)23)8-18(22(30)25-20)13(3)24-16-6-5-7-17(10-16)29-14(4)26-27-28-29/h5-13,24H,1-4H3,(H,25,30). The number of fused-ring (bicyclic) bond motifs is 1. The highest BCUT2D eigenvalue weighted by molar-refractivity contribution is 6.32. The molecule has 1 atom stereocenters. The lowest BCUT2D eigenvalue weighted by Gasteiger charge is -2.17. The summed E-state index contributed by atoms with van der Waals surface area (Å²) in [7, 11) is 0. The molecule has 8 nitrogen and oxygen atoms in total. The summed E-state index contributed by atoms with van der Waals surface area (Å²) >= 11 is 6.38. The number of ether oxygens (including phenoxy) is 1. The Morgan fingerprint density at radius 3 is 2.68 bits per heavy atom. The number of H-pyrrole nitrogens is 1. The van der Waals surface area contributed by atoms with Gasteiger partial charge >= 0.3 is 0 Å². The van der Waals surface area contributed by atoms with Crippen LogP contribution in [0.2, 0.25) is 5.02 Å². The van der Waals surface area contributed by atoms with Gasteiger partial charge in [0.15, 0.2) is 5.82 Å². The maximum absolute atomic E-state index is 12.8. The zero-order valence-electron chi connectivity index (χ0n) is 17.7. The van der Waals surface area contributed by atoms with Gasteiger partial charge in [0.2, 0.25) is 0 Å². The number of rotatable bonds is 6. The second kappa shape index (κ2) is 8.39. The van der Waals surface area contributed by atoms with E-state index < -0.39 is 0 Å². The smallest absolute Gasteiger partial charge is 0.253 e. The minimum absolute atomic E-state index is 0.0157. The van der Waals surface area contributed by atoms with E-state index in [-0.39, 0.29) is 17.7 Å². The van der Waals surface area contributed by atoms with Crippen LogP contribution in [-0.2, 0) is 0 Å². The number of aromatic amines is 1. The van der Waals surface area contributed by atoms with Crippen LogP contribution in [0.15, 0.2) is 47.3 Å². The minimum atomic E-state index is -0.247. The van der Waals surface area contributed by atoms with Crippen molar-refractivity contribution in [3.8, 4) is 11.4 Å². The number of pyridine rings is 1. The van der Waals surface area contributed by atoms with E-state index in [9.17, 15) is 4.79 Å². The van der Waals surface area contributed by atoms with Crippen LogP contribution >= 0.6 is 11.6 Å². The molecule has 2 N–H and O–H groups in total. The lowest BCUT2D eigenvalue weighted by molar-refractivity contribution is 0.243. The molecule has 0 aliphatic heterocycles. The number of nitrogens with zero attached hydrogens (tertiary/aromatic N) is 4. The Morgan fingerprint density at radius 1 is 1.16 bits per heavy atom. The number of anilines is 1. The quantitative estimate of drug-likeness (QED) is 0.462. The third-order valence-electron chi connectivity index (χ3n) is 4.85. The Labute approximate surface area is 184 Å². The summed E-state index contributed by atoms with van der Waals surface area (Å²) in [5.74, 6) is 1.24. The maximum Gasteiger partial charge on any atom is 0.253 e. The summed E-state index contributed by atoms with van der Waals surface area (Å²) in [6, 6.07) is 12.9. The van der Waals surface area contributed by atoms with Crippen LogP contribution in [0.1, 0.15) is 38.2 Å². The van der Waals surface area contributed by atoms with Gasteiger partial charge < -0.3 is 15.0 Å². The molecule has 160 valence electrons. The maximum atomic E-state index is 12.8. The first-order valence-electron chi connectivity index (χ1n) is 9.97. The van der Waals surface area contributed by atoms with Crippen LogP contribution in [-0.4, -0.2) is 31.3 Å². The van der Waals surface area contributed by atoms with Crippen molar-refractivity contribution in [2.75, 3.05) is 5.32 Å². The average Bonchev–Trinajstić information content (AvgIpc) is 3.14. The van der Waals surface area contributed by atoms with E-state index in [4.69, 9.17) is 16.3 Å². The fourth-order valence-electron chi connectivity index (χ4n) is 3.42. The van der Waals surface area contributed by atoms with E-state index in [2.05, 4.69) is 25.8 Å². The Bertz CT molecular complexity index is 1300. The van der Waals surface area contributed by atoms with Gasteiger partial charge in [0, 0.05) is 22.7 Å². The van der Waals surface area contributed by atoms with Crippen LogP contribution in [0.25, 0.3) is 16.6 Å². The monoisotopic (exact) mass is 438 g/mol. The second-order valence-corrected chi connectivity index (χ2v) is 8.05. The summed E-state index contributed by atoms with van der Waals surface area (Å²) in [4.78, 5) is 15.7. The van der Waals surface area contributed by atoms with E-state index in [1.54, 1.807) is 10.7 Å². The van der Waals surface area contributed by atoms with Crippen LogP contribution < -0.4 is 15.6 Å². The van der Waals surface area contributed by atoms with Crippen molar-refractivity contribution in [2.45, 2.75) is 39.8 Å². The fraction of sp³-hybridized carbons (Fsp3) is 0.273. The van der Waals surface area contributed by atoms with Gasteiger partial charge in [-0.05, 0) is 68.5 Å². The van der Waals surface area contributed by atoms with E-state index >= 15 is 0 Å². The fourth-order valence-corrected chi connectivity index (χ4v) is 3.63. The van der Waals surface area contributed by atoms with Crippen molar-refractivity contribution in [2.24, 2.45) is 0 Å². The molecule has 2 aromatic heterocycles. The molecule has 0 saturated carbocycles. The van der Waals surface area contributed by atoms with Crippen LogP contribution in [0.5, 0.6) is 5.75 Å². The molecule has 0 radical (unpaired) electrons. The molecular weight excluding hydrogens is 416 g/mol. The highest BCUT2D eigenvalue weighted by Crippen LogP contribution is 2.31. The third kappa shape index (κ3) is 4.39. The van der Waals surface area contributed by atoms with E-state index in [0.29, 0.717) is 27.7 Å². The van der Waals surface area contributed by atoms with Gasteiger partial charge in [0.25, 0.3) is 5.56 Å². The second-order valence-electron chi connectivity index (χ2n) is 7.64. The van der Waals surface area contributed by atoms with Crippen molar-refractivity contribution in [3.05, 3.63) is 69.2 Å². The molecule has 2 aromatic carbocycles. The first-order chi connectivity index (χ1) is 14.8. The summed E-state index contributed by atoms with van der Waals surface area (Å²) in [6.45, 7) is 7.62. The molecule has 2 heterocycles. The molecule has 0 fully saturated rings. The van der Waals surface area contributed by atoms with Crippen molar-refractivity contribution >= 4 is 28.2 Å². The predicted molar refractivity (Wildman–Crippen MR) is 121 cm³/mol. The van der Waals surface area contributed by atoms with E-state index in [1.165, 1.54) is 0 Å². The van der Waals surface area contributed by atoms with Gasteiger partial charge in [-0.3, -0.25) is 4.79 Å². The van der Waals surface area contributed by atoms with Gasteiger partial charge in [0.1, 0.15) is 5.75 Å². The summed E-state index contributed by atoms with van der Waals surface area (Å²) < 4.78 is 7.37. The molecule has 31 heavy (non-hydrogen) atoms. The molecule has 0 bridgehead atoms. The first kappa shape index (κ1) is 20.9. The Kier molecular flexibility index (Phi) is 5.65. The molecule has 9 heteroatoms. The third-order valence-corrected chi connectivity index (χ3v) is 5.15. The SMILES string of the molecule is Cc1nnnn1-c1cccc(NC(C)c2cc3cc(Cl)c(OC(C)C)cc3[nH]c2=O)c1. The largest absolute Gasteiger partial charge is 0.489 e. The number of hydrogen-bond donors (Lipinski definition) is 2. The highest BCUT2D eigenvalue weighted by atomic mass is 35.5. The zero-order chi connectivity index (χ0) is 22.1. The number of aryl methyl sites for hydroxylation is 1. The van der Waals surface area contributed by atoms with Gasteiger partial charge in [-0.1, -0.05) is 17.7 Å². The van der Waals surface area contributed by atoms with E-state index in [0.717, 1.165) is 16.8 Å². The number of benzene rings is 2. The summed E-state index contributed by atoms with van der Waals surface area (Å²) in [5.41, 5.74) is 2.79. The average molecular weight is 439 g/mol. The Morgan fingerprint density at radius 2 is 1.97 bits per heavy atom. The molecule has 4 aromatic rings. The number of halogens is 1. The molecule has 0 amide bonds. The van der Waals surface area contributed by atoms with Crippen molar-refractivity contribution in [3.63, 3.8) is 0 Å². The molecule has 0 aliphatic rings. The summed E-state index contributed by atoms with van der Waals surface area (Å²) in [6.07, 6.45) is -0.0157. The molecule has 0 spiro atoms.